The molecular weight excluding hydrogens is 806 g/mol. The van der Waals surface area contributed by atoms with Crippen molar-refractivity contribution < 1.29 is 48.0 Å². The lowest BCUT2D eigenvalue weighted by atomic mass is 9.55. The fourth-order valence-electron chi connectivity index (χ4n) is 10.8. The van der Waals surface area contributed by atoms with Gasteiger partial charge >= 0.3 is 6.09 Å². The number of hydrogen-bond donors (Lipinski definition) is 3. The molecule has 1 saturated heterocycles. The fraction of sp³-hybridized carbons (Fsp3) is 0.620. The smallest absolute Gasteiger partial charge is 0.412 e. The predicted molar refractivity (Wildman–Crippen MR) is 237 cm³/mol. The van der Waals surface area contributed by atoms with Crippen molar-refractivity contribution in [2.24, 2.45) is 28.8 Å². The molecule has 0 spiro atoms. The summed E-state index contributed by atoms with van der Waals surface area (Å²) in [7, 11) is 0. The summed E-state index contributed by atoms with van der Waals surface area (Å²) in [5, 5.41) is 27.6. The molecule has 0 radical (unpaired) electrons. The molecule has 5 aliphatic rings. The van der Waals surface area contributed by atoms with Crippen LogP contribution in [0.3, 0.4) is 0 Å². The Kier molecular flexibility index (Phi) is 16.7. The minimum Gasteiger partial charge on any atom is -0.459 e. The maximum atomic E-state index is 15.1. The van der Waals surface area contributed by atoms with Crippen LogP contribution < -0.4 is 14.8 Å². The van der Waals surface area contributed by atoms with E-state index in [4.69, 9.17) is 28.9 Å². The zero-order chi connectivity index (χ0) is 44.2. The molecule has 13 heteroatoms. The number of halogens is 1. The lowest BCUT2D eigenvalue weighted by molar-refractivity contribution is -0.258. The third-order valence-electron chi connectivity index (χ3n) is 13.8. The van der Waals surface area contributed by atoms with E-state index in [9.17, 15) is 19.4 Å². The van der Waals surface area contributed by atoms with Gasteiger partial charge in [-0.05, 0) is 111 Å². The van der Waals surface area contributed by atoms with Crippen LogP contribution in [0, 0.1) is 29.5 Å². The van der Waals surface area contributed by atoms with Gasteiger partial charge in [0.2, 0.25) is 18.0 Å². The molecule has 7 unspecified atom stereocenters. The molecule has 0 bridgehead atoms. The maximum absolute atomic E-state index is 15.1. The van der Waals surface area contributed by atoms with Crippen LogP contribution in [-0.2, 0) is 25.7 Å². The molecule has 2 aromatic rings. The van der Waals surface area contributed by atoms with Crippen LogP contribution in [0.25, 0.3) is 0 Å². The van der Waals surface area contributed by atoms with Crippen molar-refractivity contribution in [1.29, 1.82) is 0 Å². The summed E-state index contributed by atoms with van der Waals surface area (Å²) < 4.78 is 40.8. The topological polar surface area (TPSA) is 148 Å². The number of ether oxygens (including phenoxy) is 4. The van der Waals surface area contributed by atoms with Gasteiger partial charge in [0.05, 0.1) is 24.8 Å². The van der Waals surface area contributed by atoms with Gasteiger partial charge in [-0.3, -0.25) is 4.79 Å². The fourth-order valence-corrected chi connectivity index (χ4v) is 10.8. The van der Waals surface area contributed by atoms with E-state index in [1.807, 2.05) is 24.0 Å². The molecule has 3 aliphatic carbocycles. The number of nitrogens with zero attached hydrogens (tertiary/aromatic N) is 2. The first kappa shape index (κ1) is 46.7. The van der Waals surface area contributed by atoms with Crippen molar-refractivity contribution in [3.63, 3.8) is 0 Å². The van der Waals surface area contributed by atoms with Gasteiger partial charge in [-0.2, -0.15) is 0 Å². The molecule has 3 fully saturated rings. The van der Waals surface area contributed by atoms with Crippen LogP contribution in [0.2, 0.25) is 0 Å². The highest BCUT2D eigenvalue weighted by atomic mass is 19.1. The lowest BCUT2D eigenvalue weighted by Gasteiger charge is -2.60. The number of nitrogens with one attached hydrogen (secondary N) is 1. The van der Waals surface area contributed by atoms with Crippen molar-refractivity contribution in [2.45, 2.75) is 140 Å². The van der Waals surface area contributed by atoms with E-state index in [0.29, 0.717) is 62.0 Å². The Hall–Kier alpha value is -4.30. The summed E-state index contributed by atoms with van der Waals surface area (Å²) in [5.41, 5.74) is 3.20. The van der Waals surface area contributed by atoms with Gasteiger partial charge < -0.3 is 44.2 Å². The van der Waals surface area contributed by atoms with Gasteiger partial charge in [0.1, 0.15) is 23.4 Å². The SMILES string of the molecule is C=CCOC12Oc3ccc(OC(=O)NCC)cc3C3C(CCCCO)C(CCCCO)C=C(C(=NOC4CCCCO4)CC1N(Cc1ccc(F)cc1)C(=O)CCC1CCCC1)C32. The van der Waals surface area contributed by atoms with Gasteiger partial charge in [-0.1, -0.05) is 68.0 Å². The number of aliphatic hydroxyl groups excluding tert-OH is 2. The molecule has 2 heterocycles. The second-order valence-electron chi connectivity index (χ2n) is 17.9. The van der Waals surface area contributed by atoms with Gasteiger partial charge in [-0.15, -0.1) is 6.58 Å². The Balaban J connectivity index is 1.43. The molecule has 7 rings (SSSR count). The Morgan fingerprint density at radius 2 is 1.76 bits per heavy atom. The highest BCUT2D eigenvalue weighted by molar-refractivity contribution is 6.03. The van der Waals surface area contributed by atoms with Crippen LogP contribution in [0.1, 0.15) is 127 Å². The number of benzene rings is 2. The minimum atomic E-state index is -1.46. The normalized spacial score (nSPS) is 27.1. The molecule has 0 aromatic heterocycles. The predicted octanol–water partition coefficient (Wildman–Crippen LogP) is 9.09. The summed E-state index contributed by atoms with van der Waals surface area (Å²) in [5.74, 6) is -1.28. The summed E-state index contributed by atoms with van der Waals surface area (Å²) in [6.45, 7) is 7.32. The molecule has 2 aromatic carbocycles. The first-order valence-electron chi connectivity index (χ1n) is 23.6. The molecule has 7 atom stereocenters. The third kappa shape index (κ3) is 11.2. The highest BCUT2D eigenvalue weighted by Gasteiger charge is 2.65. The average Bonchev–Trinajstić information content (AvgIpc) is 3.82. The van der Waals surface area contributed by atoms with E-state index in [-0.39, 0.29) is 62.3 Å². The Bertz CT molecular complexity index is 1900. The number of carbonyl (C=O) groups is 2. The molecule has 2 saturated carbocycles. The molecule has 344 valence electrons. The van der Waals surface area contributed by atoms with Crippen molar-refractivity contribution >= 4 is 17.7 Å². The minimum absolute atomic E-state index is 0.00993. The Morgan fingerprint density at radius 3 is 2.48 bits per heavy atom. The number of hydrogen-bond acceptors (Lipinski definition) is 10. The van der Waals surface area contributed by atoms with E-state index in [1.165, 1.54) is 25.0 Å². The zero-order valence-corrected chi connectivity index (χ0v) is 37.0. The van der Waals surface area contributed by atoms with E-state index in [2.05, 4.69) is 18.0 Å². The van der Waals surface area contributed by atoms with Crippen molar-refractivity contribution in [2.75, 3.05) is 33.0 Å². The van der Waals surface area contributed by atoms with Gasteiger partial charge in [0.25, 0.3) is 0 Å². The molecule has 2 amide bonds. The summed E-state index contributed by atoms with van der Waals surface area (Å²) in [6.07, 6.45) is 15.8. The van der Waals surface area contributed by atoms with Gasteiger partial charge in [0, 0.05) is 57.0 Å². The maximum Gasteiger partial charge on any atom is 0.412 e. The van der Waals surface area contributed by atoms with Crippen LogP contribution in [0.5, 0.6) is 11.5 Å². The molecular formula is C50H68FN3O9. The van der Waals surface area contributed by atoms with Gasteiger partial charge in [0.15, 0.2) is 0 Å². The first-order chi connectivity index (χ1) is 30.8. The number of amides is 2. The summed E-state index contributed by atoms with van der Waals surface area (Å²) in [4.78, 5) is 36.1. The average molecular weight is 874 g/mol. The molecule has 3 N–H and O–H groups in total. The zero-order valence-electron chi connectivity index (χ0n) is 37.0. The quantitative estimate of drug-likeness (QED) is 0.0635. The molecule has 63 heavy (non-hydrogen) atoms. The van der Waals surface area contributed by atoms with Crippen LogP contribution >= 0.6 is 0 Å². The monoisotopic (exact) mass is 873 g/mol. The number of oxime groups is 1. The van der Waals surface area contributed by atoms with E-state index < -0.39 is 30.1 Å². The third-order valence-corrected chi connectivity index (χ3v) is 13.8. The van der Waals surface area contributed by atoms with Crippen molar-refractivity contribution in [1.82, 2.24) is 10.2 Å². The number of aliphatic hydroxyl groups is 2. The summed E-state index contributed by atoms with van der Waals surface area (Å²) in [6, 6.07) is 11.0. The van der Waals surface area contributed by atoms with Crippen LogP contribution in [0.15, 0.2) is 71.9 Å². The van der Waals surface area contributed by atoms with Crippen molar-refractivity contribution in [3.05, 3.63) is 83.7 Å². The molecule has 12 nitrogen and oxygen atoms in total. The van der Waals surface area contributed by atoms with E-state index in [1.54, 1.807) is 24.3 Å². The van der Waals surface area contributed by atoms with Crippen LogP contribution in [0.4, 0.5) is 9.18 Å². The standard InChI is InChI=1S/C50H68FN3O9/c1-3-28-60-50-44(54(33-35-18-21-37(51)22-19-35)45(57)25-20-34-13-5-6-14-34)32-42(53-63-46-17-9-12-29-59-46)40-30-36(15-7-10-26-55)39(16-8-11-27-56)47(48(40)50)41-31-38(23-24-43(41)62-50)61-49(58)52-4-2/h3,18-19,21-24,30-31,34,36,39,44,46-48,55-56H,1,4-17,20,25-29,32-33H2,2H3,(H,52,58). The number of allylic oxidation sites excluding steroid dienone is 1. The summed E-state index contributed by atoms with van der Waals surface area (Å²) >= 11 is 0. The Morgan fingerprint density at radius 1 is 1.00 bits per heavy atom. The number of fused-ring (bicyclic) bond motifs is 2. The number of rotatable bonds is 21. The van der Waals surface area contributed by atoms with E-state index in [0.717, 1.165) is 74.5 Å². The lowest BCUT2D eigenvalue weighted by Crippen LogP contribution is -2.70. The largest absolute Gasteiger partial charge is 0.459 e. The van der Waals surface area contributed by atoms with Crippen molar-refractivity contribution in [3.8, 4) is 11.5 Å². The molecule has 2 aliphatic heterocycles. The highest BCUT2D eigenvalue weighted by Crippen LogP contribution is 2.62. The number of carbonyl (C=O) groups excluding carboxylic acids is 2. The first-order valence-corrected chi connectivity index (χ1v) is 23.6. The Labute approximate surface area is 372 Å². The van der Waals surface area contributed by atoms with Gasteiger partial charge in [-0.25, -0.2) is 9.18 Å². The second-order valence-corrected chi connectivity index (χ2v) is 17.9. The van der Waals surface area contributed by atoms with E-state index >= 15 is 4.79 Å². The number of unbranched alkanes of at least 4 members (excludes halogenated alkanes) is 2. The van der Waals surface area contributed by atoms with Crippen LogP contribution in [-0.4, -0.2) is 83.9 Å². The second kappa shape index (κ2) is 22.5.